The standard InChI is InChI=1S/C28H34N4O4/c33-25-16-22(27-6-3-13-36-27)17-26(34)24(25)18-29-7-8-31-9-11-32(12-10-31)19-28(35)30-23-14-20-4-1-2-5-21(20)15-23/h1-6,13,18,22-23,33H,7-12,14-17,19H2,(H,30,35). The highest BCUT2D eigenvalue weighted by Gasteiger charge is 2.29. The summed E-state index contributed by atoms with van der Waals surface area (Å²) in [7, 11) is 0. The first-order valence-corrected chi connectivity index (χ1v) is 12.8. The number of benzene rings is 1. The molecule has 3 aliphatic rings. The van der Waals surface area contributed by atoms with E-state index in [-0.39, 0.29) is 29.4 Å². The molecule has 8 heteroatoms. The summed E-state index contributed by atoms with van der Waals surface area (Å²) in [5.41, 5.74) is 3.01. The molecule has 1 saturated heterocycles. The Morgan fingerprint density at radius 1 is 1.03 bits per heavy atom. The number of nitrogens with one attached hydrogen (secondary N) is 1. The summed E-state index contributed by atoms with van der Waals surface area (Å²) in [6, 6.07) is 12.2. The largest absolute Gasteiger partial charge is 0.511 e. The molecule has 0 spiro atoms. The quantitative estimate of drug-likeness (QED) is 0.552. The molecule has 1 aromatic carbocycles. The minimum atomic E-state index is -0.113. The number of carbonyl (C=O) groups excluding carboxylic acids is 2. The third-order valence-electron chi connectivity index (χ3n) is 7.44. The van der Waals surface area contributed by atoms with E-state index in [9.17, 15) is 14.7 Å². The Bertz CT molecular complexity index is 1110. The third-order valence-corrected chi connectivity index (χ3v) is 7.44. The average Bonchev–Trinajstić information content (AvgIpc) is 3.54. The Morgan fingerprint density at radius 2 is 1.75 bits per heavy atom. The molecule has 1 aliphatic heterocycles. The van der Waals surface area contributed by atoms with Gasteiger partial charge in [-0.1, -0.05) is 24.3 Å². The third kappa shape index (κ3) is 5.94. The second-order valence-electron chi connectivity index (χ2n) is 10.00. The van der Waals surface area contributed by atoms with Gasteiger partial charge in [-0.05, 0) is 36.1 Å². The van der Waals surface area contributed by atoms with Crippen molar-refractivity contribution in [3.05, 3.63) is 70.9 Å². The van der Waals surface area contributed by atoms with Gasteiger partial charge >= 0.3 is 0 Å². The van der Waals surface area contributed by atoms with Crippen LogP contribution in [-0.2, 0) is 22.4 Å². The number of aliphatic hydroxyl groups excluding tert-OH is 1. The van der Waals surface area contributed by atoms with Crippen LogP contribution in [0.5, 0.6) is 0 Å². The second kappa shape index (κ2) is 11.2. The van der Waals surface area contributed by atoms with E-state index in [2.05, 4.69) is 44.4 Å². The van der Waals surface area contributed by atoms with Crippen molar-refractivity contribution in [1.29, 1.82) is 0 Å². The predicted molar refractivity (Wildman–Crippen MR) is 137 cm³/mol. The van der Waals surface area contributed by atoms with E-state index in [0.717, 1.165) is 51.3 Å². The number of aliphatic hydroxyl groups is 1. The topological polar surface area (TPSA) is 98.4 Å². The lowest BCUT2D eigenvalue weighted by Gasteiger charge is -2.34. The van der Waals surface area contributed by atoms with Crippen LogP contribution in [0, 0.1) is 0 Å². The molecular weight excluding hydrogens is 456 g/mol. The number of nitrogens with zero attached hydrogens (tertiary/aromatic N) is 3. The molecule has 2 aliphatic carbocycles. The number of hydrogen-bond acceptors (Lipinski definition) is 7. The fourth-order valence-corrected chi connectivity index (χ4v) is 5.44. The molecule has 0 radical (unpaired) electrons. The van der Waals surface area contributed by atoms with Gasteiger partial charge in [0.05, 0.1) is 24.9 Å². The first-order chi connectivity index (χ1) is 17.5. The monoisotopic (exact) mass is 490 g/mol. The number of carbonyl (C=O) groups is 2. The molecule has 5 rings (SSSR count). The average molecular weight is 491 g/mol. The first-order valence-electron chi connectivity index (χ1n) is 12.8. The molecule has 190 valence electrons. The number of aliphatic imine (C=N–C) groups is 1. The summed E-state index contributed by atoms with van der Waals surface area (Å²) in [4.78, 5) is 34.0. The zero-order valence-electron chi connectivity index (χ0n) is 20.6. The van der Waals surface area contributed by atoms with E-state index >= 15 is 0 Å². The summed E-state index contributed by atoms with van der Waals surface area (Å²) in [5.74, 6) is 0.705. The van der Waals surface area contributed by atoms with Gasteiger partial charge in [0, 0.05) is 63.7 Å². The molecule has 0 bridgehead atoms. The van der Waals surface area contributed by atoms with Crippen molar-refractivity contribution >= 4 is 17.9 Å². The van der Waals surface area contributed by atoms with E-state index in [0.29, 0.717) is 31.5 Å². The van der Waals surface area contributed by atoms with Crippen LogP contribution in [0.15, 0.2) is 63.4 Å². The van der Waals surface area contributed by atoms with Crippen molar-refractivity contribution in [1.82, 2.24) is 15.1 Å². The van der Waals surface area contributed by atoms with Crippen LogP contribution in [0.1, 0.15) is 35.6 Å². The SMILES string of the molecule is O=C(CN1CCN(CCN=CC2=C(O)CC(c3ccco3)CC2=O)CC1)NC1Cc2ccccc2C1. The Labute approximate surface area is 211 Å². The van der Waals surface area contributed by atoms with Crippen molar-refractivity contribution in [2.24, 2.45) is 4.99 Å². The molecular formula is C28H34N4O4. The van der Waals surface area contributed by atoms with Crippen LogP contribution in [0.4, 0.5) is 0 Å². The Morgan fingerprint density at radius 3 is 2.42 bits per heavy atom. The van der Waals surface area contributed by atoms with Gasteiger partial charge in [0.2, 0.25) is 5.91 Å². The lowest BCUT2D eigenvalue weighted by atomic mass is 9.86. The van der Waals surface area contributed by atoms with Crippen molar-refractivity contribution < 1.29 is 19.1 Å². The zero-order chi connectivity index (χ0) is 24.9. The van der Waals surface area contributed by atoms with Crippen LogP contribution < -0.4 is 5.32 Å². The highest BCUT2D eigenvalue weighted by atomic mass is 16.3. The summed E-state index contributed by atoms with van der Waals surface area (Å²) in [5, 5.41) is 13.6. The molecule has 1 unspecified atom stereocenters. The van der Waals surface area contributed by atoms with Crippen molar-refractivity contribution in [2.75, 3.05) is 45.8 Å². The van der Waals surface area contributed by atoms with Crippen molar-refractivity contribution in [2.45, 2.75) is 37.6 Å². The molecule has 2 aromatic rings. The molecule has 1 aromatic heterocycles. The second-order valence-corrected chi connectivity index (χ2v) is 10.00. The van der Waals surface area contributed by atoms with Gasteiger partial charge in [0.25, 0.3) is 0 Å². The Kier molecular flexibility index (Phi) is 7.63. The highest BCUT2D eigenvalue weighted by molar-refractivity contribution is 6.14. The fraction of sp³-hybridized carbons (Fsp3) is 0.464. The van der Waals surface area contributed by atoms with Crippen LogP contribution in [0.2, 0.25) is 0 Å². The number of furan rings is 1. The number of amides is 1. The number of ketones is 1. The molecule has 0 saturated carbocycles. The Hall–Kier alpha value is -3.23. The lowest BCUT2D eigenvalue weighted by Crippen LogP contribution is -2.51. The van der Waals surface area contributed by atoms with Crippen molar-refractivity contribution in [3.8, 4) is 0 Å². The van der Waals surface area contributed by atoms with Crippen LogP contribution in [0.25, 0.3) is 0 Å². The molecule has 1 fully saturated rings. The molecule has 36 heavy (non-hydrogen) atoms. The van der Waals surface area contributed by atoms with Crippen LogP contribution in [-0.4, -0.2) is 84.7 Å². The van der Waals surface area contributed by atoms with Crippen LogP contribution >= 0.6 is 0 Å². The number of hydrogen-bond donors (Lipinski definition) is 2. The minimum absolute atomic E-state index is 0.0878. The van der Waals surface area contributed by atoms with Gasteiger partial charge in [-0.3, -0.25) is 24.4 Å². The summed E-state index contributed by atoms with van der Waals surface area (Å²) in [6.45, 7) is 5.25. The van der Waals surface area contributed by atoms with Gasteiger partial charge in [0.15, 0.2) is 5.78 Å². The summed E-state index contributed by atoms with van der Waals surface area (Å²) < 4.78 is 5.39. The lowest BCUT2D eigenvalue weighted by molar-refractivity contribution is -0.123. The molecule has 8 nitrogen and oxygen atoms in total. The minimum Gasteiger partial charge on any atom is -0.511 e. The Balaban J connectivity index is 1.00. The highest BCUT2D eigenvalue weighted by Crippen LogP contribution is 2.33. The van der Waals surface area contributed by atoms with E-state index in [1.165, 1.54) is 17.3 Å². The molecule has 2 heterocycles. The van der Waals surface area contributed by atoms with E-state index in [1.807, 2.05) is 6.07 Å². The number of fused-ring (bicyclic) bond motifs is 1. The van der Waals surface area contributed by atoms with Gasteiger partial charge < -0.3 is 14.8 Å². The molecule has 1 atom stereocenters. The maximum Gasteiger partial charge on any atom is 0.234 e. The van der Waals surface area contributed by atoms with Gasteiger partial charge in [-0.25, -0.2) is 0 Å². The predicted octanol–water partition coefficient (Wildman–Crippen LogP) is 2.51. The van der Waals surface area contributed by atoms with Gasteiger partial charge in [-0.15, -0.1) is 0 Å². The number of allylic oxidation sites excluding steroid dienone is 2. The first kappa shape index (κ1) is 24.5. The number of piperazine rings is 1. The normalized spacial score (nSPS) is 21.9. The summed E-state index contributed by atoms with van der Waals surface area (Å²) >= 11 is 0. The maximum absolute atomic E-state index is 12.6. The zero-order valence-corrected chi connectivity index (χ0v) is 20.6. The molecule has 1 amide bonds. The fourth-order valence-electron chi connectivity index (χ4n) is 5.44. The van der Waals surface area contributed by atoms with Gasteiger partial charge in [0.1, 0.15) is 11.5 Å². The van der Waals surface area contributed by atoms with E-state index in [1.54, 1.807) is 12.3 Å². The van der Waals surface area contributed by atoms with Gasteiger partial charge in [-0.2, -0.15) is 0 Å². The van der Waals surface area contributed by atoms with E-state index < -0.39 is 0 Å². The number of Topliss-reactive ketones (excluding diaryl/α,β-unsaturated/α-hetero) is 1. The maximum atomic E-state index is 12.6. The van der Waals surface area contributed by atoms with Crippen LogP contribution in [0.3, 0.4) is 0 Å². The van der Waals surface area contributed by atoms with E-state index in [4.69, 9.17) is 4.42 Å². The number of rotatable bonds is 8. The van der Waals surface area contributed by atoms with Crippen molar-refractivity contribution in [3.63, 3.8) is 0 Å². The summed E-state index contributed by atoms with van der Waals surface area (Å²) in [6.07, 6.45) is 5.66. The molecule has 2 N–H and O–H groups in total. The smallest absolute Gasteiger partial charge is 0.234 e.